The Morgan fingerprint density at radius 3 is 2.00 bits per heavy atom. The van der Waals surface area contributed by atoms with Crippen LogP contribution in [0.15, 0.2) is 71.3 Å². The quantitative estimate of drug-likeness (QED) is 0.414. The fourth-order valence-corrected chi connectivity index (χ4v) is 3.57. The predicted molar refractivity (Wildman–Crippen MR) is 125 cm³/mol. The first-order valence-electron chi connectivity index (χ1n) is 11.1. The van der Waals surface area contributed by atoms with Crippen LogP contribution in [0.5, 0.6) is 5.75 Å². The summed E-state index contributed by atoms with van der Waals surface area (Å²) in [5.74, 6) is 2.67. The van der Waals surface area contributed by atoms with E-state index in [1.54, 1.807) is 6.26 Å². The Morgan fingerprint density at radius 1 is 0.839 bits per heavy atom. The van der Waals surface area contributed by atoms with Crippen LogP contribution in [-0.4, -0.2) is 29.3 Å². The fourth-order valence-electron chi connectivity index (χ4n) is 3.57. The molecule has 0 aliphatic carbocycles. The van der Waals surface area contributed by atoms with Crippen molar-refractivity contribution in [2.75, 3.05) is 13.2 Å². The maximum Gasteiger partial charge on any atom is 0.119 e. The van der Waals surface area contributed by atoms with E-state index in [9.17, 15) is 5.11 Å². The number of furan rings is 1. The fraction of sp³-hybridized carbons (Fsp3) is 0.407. The Labute approximate surface area is 186 Å². The summed E-state index contributed by atoms with van der Waals surface area (Å²) < 4.78 is 11.4. The molecule has 3 rings (SSSR count). The highest BCUT2D eigenvalue weighted by atomic mass is 16.5. The molecule has 0 fully saturated rings. The van der Waals surface area contributed by atoms with Crippen LogP contribution in [0, 0.1) is 0 Å². The van der Waals surface area contributed by atoms with E-state index in [4.69, 9.17) is 9.15 Å². The van der Waals surface area contributed by atoms with Gasteiger partial charge >= 0.3 is 0 Å². The molecule has 0 saturated heterocycles. The molecular formula is C27H35NO3. The smallest absolute Gasteiger partial charge is 0.119 e. The van der Waals surface area contributed by atoms with Crippen LogP contribution < -0.4 is 4.74 Å². The van der Waals surface area contributed by atoms with Gasteiger partial charge in [-0.25, -0.2) is 0 Å². The SMILES string of the molecule is CC(C)c1ccc(CN(Cc2ccco2)CC(O)COc2ccc(C(C)C)cc2)cc1. The van der Waals surface area contributed by atoms with Crippen LogP contribution in [0.3, 0.4) is 0 Å². The van der Waals surface area contributed by atoms with Gasteiger partial charge in [-0.3, -0.25) is 4.90 Å². The largest absolute Gasteiger partial charge is 0.491 e. The summed E-state index contributed by atoms with van der Waals surface area (Å²) >= 11 is 0. The van der Waals surface area contributed by atoms with Crippen molar-refractivity contribution in [1.82, 2.24) is 4.90 Å². The highest BCUT2D eigenvalue weighted by Crippen LogP contribution is 2.20. The van der Waals surface area contributed by atoms with Crippen LogP contribution >= 0.6 is 0 Å². The lowest BCUT2D eigenvalue weighted by Crippen LogP contribution is -2.35. The van der Waals surface area contributed by atoms with Crippen LogP contribution in [0.4, 0.5) is 0 Å². The van der Waals surface area contributed by atoms with Crippen molar-refractivity contribution in [3.63, 3.8) is 0 Å². The van der Waals surface area contributed by atoms with Gasteiger partial charge in [-0.2, -0.15) is 0 Å². The van der Waals surface area contributed by atoms with E-state index in [0.29, 0.717) is 24.9 Å². The molecule has 0 amide bonds. The Balaban J connectivity index is 1.59. The first-order valence-corrected chi connectivity index (χ1v) is 11.1. The Morgan fingerprint density at radius 2 is 1.45 bits per heavy atom. The minimum Gasteiger partial charge on any atom is -0.491 e. The second kappa shape index (κ2) is 11.2. The van der Waals surface area contributed by atoms with E-state index in [0.717, 1.165) is 18.1 Å². The van der Waals surface area contributed by atoms with Gasteiger partial charge in [-0.15, -0.1) is 0 Å². The third kappa shape index (κ3) is 7.27. The van der Waals surface area contributed by atoms with Crippen molar-refractivity contribution in [2.24, 2.45) is 0 Å². The maximum atomic E-state index is 10.6. The van der Waals surface area contributed by atoms with Gasteiger partial charge in [0.25, 0.3) is 0 Å². The molecule has 1 atom stereocenters. The lowest BCUT2D eigenvalue weighted by atomic mass is 10.0. The van der Waals surface area contributed by atoms with Gasteiger partial charge in [0.15, 0.2) is 0 Å². The van der Waals surface area contributed by atoms with Crippen molar-refractivity contribution in [3.8, 4) is 5.75 Å². The van der Waals surface area contributed by atoms with Gasteiger partial charge in [0, 0.05) is 13.1 Å². The molecule has 1 N–H and O–H groups in total. The lowest BCUT2D eigenvalue weighted by molar-refractivity contribution is 0.0604. The number of ether oxygens (including phenoxy) is 1. The monoisotopic (exact) mass is 421 g/mol. The summed E-state index contributed by atoms with van der Waals surface area (Å²) in [7, 11) is 0. The minimum atomic E-state index is -0.602. The number of rotatable bonds is 11. The third-order valence-electron chi connectivity index (χ3n) is 5.47. The zero-order valence-corrected chi connectivity index (χ0v) is 19.1. The van der Waals surface area contributed by atoms with Gasteiger partial charge in [0.05, 0.1) is 12.8 Å². The zero-order chi connectivity index (χ0) is 22.2. The van der Waals surface area contributed by atoms with Gasteiger partial charge in [0.1, 0.15) is 24.2 Å². The van der Waals surface area contributed by atoms with Crippen molar-refractivity contribution in [2.45, 2.75) is 58.7 Å². The summed E-state index contributed by atoms with van der Waals surface area (Å²) in [6.07, 6.45) is 1.08. The number of benzene rings is 2. The molecule has 4 nitrogen and oxygen atoms in total. The molecule has 1 heterocycles. The highest BCUT2D eigenvalue weighted by Gasteiger charge is 2.15. The molecule has 3 aromatic rings. The first-order chi connectivity index (χ1) is 14.9. The maximum absolute atomic E-state index is 10.6. The zero-order valence-electron chi connectivity index (χ0n) is 19.1. The molecular weight excluding hydrogens is 386 g/mol. The van der Waals surface area contributed by atoms with Crippen LogP contribution in [0.1, 0.15) is 62.0 Å². The molecule has 0 saturated carbocycles. The van der Waals surface area contributed by atoms with Crippen molar-refractivity contribution in [3.05, 3.63) is 89.4 Å². The second-order valence-electron chi connectivity index (χ2n) is 8.83. The molecule has 0 aliphatic rings. The van der Waals surface area contributed by atoms with Gasteiger partial charge in [0.2, 0.25) is 0 Å². The van der Waals surface area contributed by atoms with Crippen molar-refractivity contribution < 1.29 is 14.3 Å². The van der Waals surface area contributed by atoms with Gasteiger partial charge in [-0.1, -0.05) is 64.1 Å². The van der Waals surface area contributed by atoms with Crippen LogP contribution in [0.2, 0.25) is 0 Å². The standard InChI is InChI=1S/C27H35NO3/c1-20(2)23-9-7-22(8-10-23)16-28(18-27-6-5-15-30-27)17-25(29)19-31-26-13-11-24(12-14-26)21(3)4/h5-15,20-21,25,29H,16-19H2,1-4H3. The molecule has 0 aliphatic heterocycles. The predicted octanol–water partition coefficient (Wildman–Crippen LogP) is 5.97. The topological polar surface area (TPSA) is 45.8 Å². The van der Waals surface area contributed by atoms with Crippen molar-refractivity contribution >= 4 is 0 Å². The molecule has 166 valence electrons. The Hall–Kier alpha value is -2.56. The van der Waals surface area contributed by atoms with E-state index in [1.807, 2.05) is 24.3 Å². The van der Waals surface area contributed by atoms with Gasteiger partial charge < -0.3 is 14.3 Å². The van der Waals surface area contributed by atoms with E-state index >= 15 is 0 Å². The van der Waals surface area contributed by atoms with Gasteiger partial charge in [-0.05, 0) is 52.8 Å². The van der Waals surface area contributed by atoms with Crippen molar-refractivity contribution in [1.29, 1.82) is 0 Å². The average Bonchev–Trinajstić information content (AvgIpc) is 3.26. The summed E-state index contributed by atoms with van der Waals surface area (Å²) in [6.45, 7) is 10.9. The number of aliphatic hydroxyl groups is 1. The molecule has 1 aromatic heterocycles. The Bertz CT molecular complexity index is 883. The third-order valence-corrected chi connectivity index (χ3v) is 5.47. The minimum absolute atomic E-state index is 0.252. The van der Waals surface area contributed by atoms with Crippen LogP contribution in [0.25, 0.3) is 0 Å². The second-order valence-corrected chi connectivity index (χ2v) is 8.83. The molecule has 2 aromatic carbocycles. The Kier molecular flexibility index (Phi) is 8.33. The van der Waals surface area contributed by atoms with E-state index < -0.39 is 6.10 Å². The molecule has 0 radical (unpaired) electrons. The first kappa shape index (κ1) is 23.1. The molecule has 0 bridgehead atoms. The average molecular weight is 422 g/mol. The molecule has 1 unspecified atom stereocenters. The number of nitrogens with zero attached hydrogens (tertiary/aromatic N) is 1. The number of aliphatic hydroxyl groups excluding tert-OH is 1. The number of hydrogen-bond donors (Lipinski definition) is 1. The molecule has 0 spiro atoms. The van der Waals surface area contributed by atoms with E-state index in [1.165, 1.54) is 16.7 Å². The summed E-state index contributed by atoms with van der Waals surface area (Å²) in [5.41, 5.74) is 3.83. The van der Waals surface area contributed by atoms with E-state index in [2.05, 4.69) is 69.0 Å². The lowest BCUT2D eigenvalue weighted by Gasteiger charge is -2.24. The summed E-state index contributed by atoms with van der Waals surface area (Å²) in [6, 6.07) is 20.7. The molecule has 4 heteroatoms. The normalized spacial score (nSPS) is 12.6. The summed E-state index contributed by atoms with van der Waals surface area (Å²) in [4.78, 5) is 2.19. The van der Waals surface area contributed by atoms with Crippen LogP contribution in [-0.2, 0) is 13.1 Å². The molecule has 31 heavy (non-hydrogen) atoms. The van der Waals surface area contributed by atoms with E-state index in [-0.39, 0.29) is 6.61 Å². The highest BCUT2D eigenvalue weighted by molar-refractivity contribution is 5.29. The number of hydrogen-bond acceptors (Lipinski definition) is 4. The summed E-state index contributed by atoms with van der Waals surface area (Å²) in [5, 5.41) is 10.6.